The molecule has 2 saturated heterocycles. The normalized spacial score (nSPS) is 17.3. The minimum atomic E-state index is -4.38. The van der Waals surface area contributed by atoms with E-state index in [-0.39, 0.29) is 6.10 Å². The van der Waals surface area contributed by atoms with Crippen LogP contribution in [0.4, 0.5) is 43.5 Å². The smallest absolute Gasteiger partial charge is 0.416 e. The highest BCUT2D eigenvalue weighted by atomic mass is 19.4. The van der Waals surface area contributed by atoms with E-state index in [0.717, 1.165) is 35.3 Å². The van der Waals surface area contributed by atoms with E-state index in [9.17, 15) is 26.3 Å². The van der Waals surface area contributed by atoms with Crippen LogP contribution in [0.3, 0.4) is 0 Å². The van der Waals surface area contributed by atoms with Gasteiger partial charge in [-0.1, -0.05) is 6.07 Å². The number of aromatic nitrogens is 2. The van der Waals surface area contributed by atoms with Crippen LogP contribution in [0, 0.1) is 6.92 Å². The summed E-state index contributed by atoms with van der Waals surface area (Å²) in [6.45, 7) is 5.54. The molecular formula is C28H29F6N5O. The van der Waals surface area contributed by atoms with E-state index in [1.807, 2.05) is 16.7 Å². The Morgan fingerprint density at radius 1 is 0.700 bits per heavy atom. The number of halogens is 6. The summed E-state index contributed by atoms with van der Waals surface area (Å²) in [5.74, 6) is 1.23. The molecule has 0 unspecified atom stereocenters. The maximum absolute atomic E-state index is 13.1. The van der Waals surface area contributed by atoms with Crippen LogP contribution in [0.25, 0.3) is 0 Å². The summed E-state index contributed by atoms with van der Waals surface area (Å²) in [4.78, 5) is 14.9. The van der Waals surface area contributed by atoms with E-state index in [0.29, 0.717) is 63.7 Å². The minimum Gasteiger partial charge on any atom is -0.474 e. The van der Waals surface area contributed by atoms with Crippen molar-refractivity contribution >= 4 is 17.2 Å². The van der Waals surface area contributed by atoms with Crippen molar-refractivity contribution in [3.63, 3.8) is 0 Å². The summed E-state index contributed by atoms with van der Waals surface area (Å²) in [5, 5.41) is 0. The van der Waals surface area contributed by atoms with Crippen molar-refractivity contribution in [2.24, 2.45) is 0 Å². The van der Waals surface area contributed by atoms with Crippen molar-refractivity contribution in [2.45, 2.75) is 38.2 Å². The fourth-order valence-electron chi connectivity index (χ4n) is 5.17. The van der Waals surface area contributed by atoms with Gasteiger partial charge < -0.3 is 19.4 Å². The summed E-state index contributed by atoms with van der Waals surface area (Å²) in [5.41, 5.74) is 0.760. The molecule has 40 heavy (non-hydrogen) atoms. The number of rotatable bonds is 5. The molecule has 2 aliphatic heterocycles. The van der Waals surface area contributed by atoms with Crippen LogP contribution in [0.15, 0.2) is 54.9 Å². The summed E-state index contributed by atoms with van der Waals surface area (Å²) < 4.78 is 84.2. The van der Waals surface area contributed by atoms with Crippen LogP contribution in [-0.2, 0) is 12.4 Å². The van der Waals surface area contributed by atoms with Gasteiger partial charge in [0.15, 0.2) is 0 Å². The molecule has 2 aromatic carbocycles. The molecule has 3 heterocycles. The zero-order chi connectivity index (χ0) is 28.5. The van der Waals surface area contributed by atoms with Crippen molar-refractivity contribution in [3.05, 3.63) is 71.5 Å². The maximum Gasteiger partial charge on any atom is 0.416 e. The van der Waals surface area contributed by atoms with Gasteiger partial charge in [-0.05, 0) is 49.4 Å². The highest BCUT2D eigenvalue weighted by Crippen LogP contribution is 2.34. The van der Waals surface area contributed by atoms with Crippen molar-refractivity contribution < 1.29 is 31.1 Å². The number of piperidine rings is 1. The highest BCUT2D eigenvalue weighted by Gasteiger charge is 2.32. The summed E-state index contributed by atoms with van der Waals surface area (Å²) in [7, 11) is 0. The van der Waals surface area contributed by atoms with Gasteiger partial charge in [-0.15, -0.1) is 0 Å². The topological polar surface area (TPSA) is 44.7 Å². The number of ether oxygens (including phenoxy) is 1. The van der Waals surface area contributed by atoms with Gasteiger partial charge in [0.1, 0.15) is 18.2 Å². The molecule has 1 aromatic heterocycles. The van der Waals surface area contributed by atoms with E-state index in [1.165, 1.54) is 30.6 Å². The Bertz CT molecular complexity index is 1300. The lowest BCUT2D eigenvalue weighted by Crippen LogP contribution is -2.47. The van der Waals surface area contributed by atoms with Gasteiger partial charge in [0.2, 0.25) is 5.88 Å². The average molecular weight is 566 g/mol. The Morgan fingerprint density at radius 3 is 1.93 bits per heavy atom. The Balaban J connectivity index is 1.17. The minimum absolute atomic E-state index is 0.125. The van der Waals surface area contributed by atoms with Crippen LogP contribution >= 0.6 is 0 Å². The molecule has 0 aliphatic carbocycles. The standard InChI is InChI=1S/C28H29F6N5O/c1-19-25(39-15-13-38(14-16-39)22-7-5-20(6-8-22)27(29,30)31)35-18-36-26(19)40-24-9-11-37(12-10-24)23-4-2-3-21(17-23)28(32,33)34/h2-8,17-18,24H,9-16H2,1H3. The number of hydrogen-bond acceptors (Lipinski definition) is 6. The van der Waals surface area contributed by atoms with E-state index < -0.39 is 23.5 Å². The van der Waals surface area contributed by atoms with Crippen molar-refractivity contribution in [2.75, 3.05) is 54.0 Å². The molecule has 214 valence electrons. The first-order chi connectivity index (χ1) is 19.0. The number of anilines is 3. The lowest BCUT2D eigenvalue weighted by Gasteiger charge is -2.37. The van der Waals surface area contributed by atoms with Crippen LogP contribution in [-0.4, -0.2) is 55.3 Å². The Morgan fingerprint density at radius 2 is 1.30 bits per heavy atom. The first kappa shape index (κ1) is 27.9. The molecule has 0 bridgehead atoms. The second-order valence-corrected chi connectivity index (χ2v) is 10.00. The third kappa shape index (κ3) is 6.20. The number of nitrogens with zero attached hydrogens (tertiary/aromatic N) is 5. The Kier molecular flexibility index (Phi) is 7.70. The second kappa shape index (κ2) is 11.1. The van der Waals surface area contributed by atoms with Gasteiger partial charge in [-0.25, -0.2) is 9.97 Å². The monoisotopic (exact) mass is 565 g/mol. The fourth-order valence-corrected chi connectivity index (χ4v) is 5.17. The molecule has 5 rings (SSSR count). The lowest BCUT2D eigenvalue weighted by molar-refractivity contribution is -0.138. The molecule has 0 saturated carbocycles. The molecule has 0 N–H and O–H groups in total. The summed E-state index contributed by atoms with van der Waals surface area (Å²) in [6, 6.07) is 10.6. The average Bonchev–Trinajstić information content (AvgIpc) is 2.94. The SMILES string of the molecule is Cc1c(OC2CCN(c3cccc(C(F)(F)F)c3)CC2)ncnc1N1CCN(c2ccc(C(F)(F)F)cc2)CC1. The largest absolute Gasteiger partial charge is 0.474 e. The third-order valence-electron chi connectivity index (χ3n) is 7.41. The molecule has 0 atom stereocenters. The van der Waals surface area contributed by atoms with Gasteiger partial charge >= 0.3 is 12.4 Å². The molecule has 0 radical (unpaired) electrons. The number of benzene rings is 2. The van der Waals surface area contributed by atoms with Gasteiger partial charge in [-0.3, -0.25) is 0 Å². The molecule has 3 aromatic rings. The Labute approximate surface area is 228 Å². The van der Waals surface area contributed by atoms with Crippen LogP contribution in [0.5, 0.6) is 5.88 Å². The Hall–Kier alpha value is -3.70. The zero-order valence-corrected chi connectivity index (χ0v) is 21.8. The predicted octanol–water partition coefficient (Wildman–Crippen LogP) is 6.20. The van der Waals surface area contributed by atoms with Crippen LogP contribution in [0.1, 0.15) is 29.5 Å². The third-order valence-corrected chi connectivity index (χ3v) is 7.41. The highest BCUT2D eigenvalue weighted by molar-refractivity contribution is 5.54. The van der Waals surface area contributed by atoms with Crippen molar-refractivity contribution in [1.29, 1.82) is 0 Å². The van der Waals surface area contributed by atoms with E-state index in [2.05, 4.69) is 14.9 Å². The van der Waals surface area contributed by atoms with E-state index >= 15 is 0 Å². The second-order valence-electron chi connectivity index (χ2n) is 10.00. The molecule has 12 heteroatoms. The molecule has 0 spiro atoms. The lowest BCUT2D eigenvalue weighted by atomic mass is 10.1. The van der Waals surface area contributed by atoms with Crippen molar-refractivity contribution in [3.8, 4) is 5.88 Å². The van der Waals surface area contributed by atoms with Crippen LogP contribution in [0.2, 0.25) is 0 Å². The summed E-state index contributed by atoms with van der Waals surface area (Å²) >= 11 is 0. The van der Waals surface area contributed by atoms with Gasteiger partial charge in [0.05, 0.1) is 16.7 Å². The van der Waals surface area contributed by atoms with Crippen molar-refractivity contribution in [1.82, 2.24) is 9.97 Å². The summed E-state index contributed by atoms with van der Waals surface area (Å²) in [6.07, 6.45) is -6.13. The number of hydrogen-bond donors (Lipinski definition) is 0. The molecule has 2 fully saturated rings. The fraction of sp³-hybridized carbons (Fsp3) is 0.429. The van der Waals surface area contributed by atoms with Crippen LogP contribution < -0.4 is 19.4 Å². The maximum atomic E-state index is 13.1. The molecule has 6 nitrogen and oxygen atoms in total. The van der Waals surface area contributed by atoms with Gasteiger partial charge in [-0.2, -0.15) is 26.3 Å². The molecule has 0 amide bonds. The van der Waals surface area contributed by atoms with Gasteiger partial charge in [0, 0.05) is 63.5 Å². The molecular weight excluding hydrogens is 536 g/mol. The first-order valence-corrected chi connectivity index (χ1v) is 13.1. The van der Waals surface area contributed by atoms with E-state index in [1.54, 1.807) is 6.07 Å². The quantitative estimate of drug-likeness (QED) is 0.344. The predicted molar refractivity (Wildman–Crippen MR) is 140 cm³/mol. The molecule has 2 aliphatic rings. The number of piperazine rings is 1. The van der Waals surface area contributed by atoms with Gasteiger partial charge in [0.25, 0.3) is 0 Å². The number of alkyl halides is 6. The first-order valence-electron chi connectivity index (χ1n) is 13.1. The van der Waals surface area contributed by atoms with E-state index in [4.69, 9.17) is 4.74 Å². The zero-order valence-electron chi connectivity index (χ0n) is 21.8.